The van der Waals surface area contributed by atoms with Crippen molar-refractivity contribution in [2.75, 3.05) is 10.6 Å². The highest BCUT2D eigenvalue weighted by atomic mass is 35.5. The van der Waals surface area contributed by atoms with E-state index in [2.05, 4.69) is 28.7 Å². The number of hydrogen-bond donors (Lipinski definition) is 2. The van der Waals surface area contributed by atoms with E-state index in [0.717, 1.165) is 22.7 Å². The van der Waals surface area contributed by atoms with Crippen molar-refractivity contribution >= 4 is 40.4 Å². The third kappa shape index (κ3) is 4.81. The zero-order valence-electron chi connectivity index (χ0n) is 13.9. The fourth-order valence-electron chi connectivity index (χ4n) is 2.51. The summed E-state index contributed by atoms with van der Waals surface area (Å²) in [6.45, 7) is 2.80. The van der Waals surface area contributed by atoms with Gasteiger partial charge in [0.2, 0.25) is 0 Å². The molecule has 4 nitrogen and oxygen atoms in total. The molecule has 0 amide bonds. The second kappa shape index (κ2) is 8.14. The number of aryl methyl sites for hydroxylation is 1. The van der Waals surface area contributed by atoms with E-state index < -0.39 is 0 Å². The molecule has 128 valence electrons. The van der Waals surface area contributed by atoms with Crippen molar-refractivity contribution in [1.29, 1.82) is 0 Å². The molecule has 2 N–H and O–H groups in total. The van der Waals surface area contributed by atoms with Gasteiger partial charge in [0.15, 0.2) is 10.9 Å². The minimum atomic E-state index is 0.526. The summed E-state index contributed by atoms with van der Waals surface area (Å²) >= 11 is 11.3. The molecule has 0 atom stereocenters. The van der Waals surface area contributed by atoms with Crippen LogP contribution in [0.15, 0.2) is 60.8 Å². The van der Waals surface area contributed by atoms with Gasteiger partial charge in [-0.25, -0.2) is 0 Å². The van der Waals surface area contributed by atoms with Crippen LogP contribution in [0.25, 0.3) is 0 Å². The normalized spacial score (nSPS) is 10.5. The highest BCUT2D eigenvalue weighted by Gasteiger charge is 2.05. The smallest absolute Gasteiger partial charge is 0.176 e. The van der Waals surface area contributed by atoms with E-state index in [1.54, 1.807) is 0 Å². The Morgan fingerprint density at radius 1 is 1.08 bits per heavy atom. The van der Waals surface area contributed by atoms with Crippen LogP contribution in [0.3, 0.4) is 0 Å². The number of benzene rings is 2. The van der Waals surface area contributed by atoms with Crippen LogP contribution < -0.4 is 10.6 Å². The van der Waals surface area contributed by atoms with Crippen LogP contribution in [-0.4, -0.2) is 14.9 Å². The number of para-hydroxylation sites is 1. The minimum absolute atomic E-state index is 0.526. The summed E-state index contributed by atoms with van der Waals surface area (Å²) in [4.78, 5) is 0. The molecule has 1 aromatic heterocycles. The first-order chi connectivity index (χ1) is 12.1. The van der Waals surface area contributed by atoms with Crippen LogP contribution in [0.1, 0.15) is 18.1 Å². The highest BCUT2D eigenvalue weighted by molar-refractivity contribution is 7.80. The third-order valence-electron chi connectivity index (χ3n) is 3.79. The summed E-state index contributed by atoms with van der Waals surface area (Å²) in [5.74, 6) is 0.709. The fourth-order valence-corrected chi connectivity index (χ4v) is 2.85. The number of nitrogens with zero attached hydrogens (tertiary/aromatic N) is 2. The lowest BCUT2D eigenvalue weighted by Crippen LogP contribution is -2.20. The molecule has 0 spiro atoms. The van der Waals surface area contributed by atoms with Crippen molar-refractivity contribution in [3.8, 4) is 0 Å². The lowest BCUT2D eigenvalue weighted by molar-refractivity contribution is 0.690. The van der Waals surface area contributed by atoms with Crippen LogP contribution in [0.2, 0.25) is 5.02 Å². The summed E-state index contributed by atoms with van der Waals surface area (Å²) in [6, 6.07) is 17.8. The molecule has 6 heteroatoms. The molecule has 0 aliphatic rings. The number of halogens is 1. The summed E-state index contributed by atoms with van der Waals surface area (Å²) < 4.78 is 1.86. The lowest BCUT2D eigenvalue weighted by atomic mass is 10.1. The summed E-state index contributed by atoms with van der Waals surface area (Å²) in [6.07, 6.45) is 2.86. The van der Waals surface area contributed by atoms with E-state index in [4.69, 9.17) is 23.8 Å². The van der Waals surface area contributed by atoms with Crippen LogP contribution in [0.5, 0.6) is 0 Å². The molecule has 25 heavy (non-hydrogen) atoms. The molecular formula is C19H19ClN4S. The Labute approximate surface area is 157 Å². The maximum atomic E-state index is 5.91. The van der Waals surface area contributed by atoms with E-state index in [1.165, 1.54) is 5.56 Å². The number of anilines is 2. The molecule has 0 fully saturated rings. The molecule has 3 aromatic rings. The maximum Gasteiger partial charge on any atom is 0.176 e. The van der Waals surface area contributed by atoms with Gasteiger partial charge in [-0.2, -0.15) is 5.10 Å². The van der Waals surface area contributed by atoms with Gasteiger partial charge < -0.3 is 10.6 Å². The van der Waals surface area contributed by atoms with Gasteiger partial charge in [-0.15, -0.1) is 0 Å². The van der Waals surface area contributed by atoms with E-state index in [9.17, 15) is 0 Å². The van der Waals surface area contributed by atoms with Gasteiger partial charge in [-0.05, 0) is 48.0 Å². The molecule has 0 aliphatic carbocycles. The predicted molar refractivity (Wildman–Crippen MR) is 108 cm³/mol. The zero-order chi connectivity index (χ0) is 17.6. The summed E-state index contributed by atoms with van der Waals surface area (Å²) in [7, 11) is 0. The largest absolute Gasteiger partial charge is 0.332 e. The third-order valence-corrected chi connectivity index (χ3v) is 4.24. The monoisotopic (exact) mass is 370 g/mol. The van der Waals surface area contributed by atoms with Gasteiger partial charge in [0.1, 0.15) is 0 Å². The van der Waals surface area contributed by atoms with Crippen LogP contribution in [0, 0.1) is 0 Å². The Morgan fingerprint density at radius 2 is 1.84 bits per heavy atom. The van der Waals surface area contributed by atoms with Crippen molar-refractivity contribution in [2.45, 2.75) is 19.9 Å². The summed E-state index contributed by atoms with van der Waals surface area (Å²) in [5, 5.41) is 12.1. The van der Waals surface area contributed by atoms with E-state index in [0.29, 0.717) is 17.5 Å². The second-order valence-electron chi connectivity index (χ2n) is 5.61. The first-order valence-electron chi connectivity index (χ1n) is 8.08. The van der Waals surface area contributed by atoms with Gasteiger partial charge in [-0.1, -0.05) is 48.9 Å². The molecule has 2 aromatic carbocycles. The molecule has 0 unspecified atom stereocenters. The Balaban J connectivity index is 1.61. The Bertz CT molecular complexity index is 858. The standard InChI is InChI=1S/C19H19ClN4S/c1-2-15-5-3-4-6-17(15)21-19(25)22-18-11-12-24(23-18)13-14-7-9-16(20)10-8-14/h3-12H,2,13H2,1H3,(H2,21,22,23,25). The Kier molecular flexibility index (Phi) is 5.68. The fraction of sp³-hybridized carbons (Fsp3) is 0.158. The topological polar surface area (TPSA) is 41.9 Å². The van der Waals surface area contributed by atoms with Crippen LogP contribution in [-0.2, 0) is 13.0 Å². The minimum Gasteiger partial charge on any atom is -0.332 e. The van der Waals surface area contributed by atoms with Gasteiger partial charge in [-0.3, -0.25) is 4.68 Å². The first kappa shape index (κ1) is 17.5. The van der Waals surface area contributed by atoms with Crippen molar-refractivity contribution in [1.82, 2.24) is 9.78 Å². The molecule has 0 bridgehead atoms. The molecule has 1 heterocycles. The van der Waals surface area contributed by atoms with Crippen LogP contribution in [0.4, 0.5) is 11.5 Å². The highest BCUT2D eigenvalue weighted by Crippen LogP contribution is 2.16. The molecule has 0 aliphatic heterocycles. The van der Waals surface area contributed by atoms with Crippen molar-refractivity contribution < 1.29 is 0 Å². The molecular weight excluding hydrogens is 352 g/mol. The molecule has 0 saturated heterocycles. The number of thiocarbonyl (C=S) groups is 1. The zero-order valence-corrected chi connectivity index (χ0v) is 15.4. The van der Waals surface area contributed by atoms with E-state index >= 15 is 0 Å². The second-order valence-corrected chi connectivity index (χ2v) is 6.46. The Morgan fingerprint density at radius 3 is 2.60 bits per heavy atom. The van der Waals surface area contributed by atoms with Gasteiger partial charge in [0.05, 0.1) is 6.54 Å². The molecule has 0 radical (unpaired) electrons. The summed E-state index contributed by atoms with van der Waals surface area (Å²) in [5.41, 5.74) is 3.37. The molecule has 3 rings (SSSR count). The van der Waals surface area contributed by atoms with Gasteiger partial charge in [0, 0.05) is 23.0 Å². The Hall–Kier alpha value is -2.37. The average Bonchev–Trinajstić information content (AvgIpc) is 3.04. The number of nitrogens with one attached hydrogen (secondary N) is 2. The molecule has 0 saturated carbocycles. The van der Waals surface area contributed by atoms with Gasteiger partial charge in [0.25, 0.3) is 0 Å². The SMILES string of the molecule is CCc1ccccc1NC(=S)Nc1ccn(Cc2ccc(Cl)cc2)n1. The first-order valence-corrected chi connectivity index (χ1v) is 8.86. The quantitative estimate of drug-likeness (QED) is 0.623. The predicted octanol–water partition coefficient (Wildman–Crippen LogP) is 4.96. The maximum absolute atomic E-state index is 5.91. The van der Waals surface area contributed by atoms with E-state index in [-0.39, 0.29) is 0 Å². The lowest BCUT2D eigenvalue weighted by Gasteiger charge is -2.12. The number of aromatic nitrogens is 2. The average molecular weight is 371 g/mol. The number of rotatable bonds is 5. The van der Waals surface area contributed by atoms with Crippen molar-refractivity contribution in [2.24, 2.45) is 0 Å². The van der Waals surface area contributed by atoms with Crippen molar-refractivity contribution in [3.05, 3.63) is 76.9 Å². The van der Waals surface area contributed by atoms with Gasteiger partial charge >= 0.3 is 0 Å². The number of hydrogen-bond acceptors (Lipinski definition) is 2. The van der Waals surface area contributed by atoms with Crippen molar-refractivity contribution in [3.63, 3.8) is 0 Å². The van der Waals surface area contributed by atoms with Crippen LogP contribution >= 0.6 is 23.8 Å². The van der Waals surface area contributed by atoms with E-state index in [1.807, 2.05) is 59.4 Å².